The first-order valence-corrected chi connectivity index (χ1v) is 10.2. The van der Waals surface area contributed by atoms with Crippen molar-refractivity contribution in [2.75, 3.05) is 36.2 Å². The zero-order chi connectivity index (χ0) is 17.6. The molecule has 3 rings (SSSR count). The van der Waals surface area contributed by atoms with Crippen LogP contribution in [-0.4, -0.2) is 42.1 Å². The summed E-state index contributed by atoms with van der Waals surface area (Å²) in [6, 6.07) is 5.92. The Balaban J connectivity index is 1.61. The third-order valence-electron chi connectivity index (χ3n) is 3.96. The average Bonchev–Trinajstić information content (AvgIpc) is 3.11. The highest BCUT2D eigenvalue weighted by Gasteiger charge is 2.23. The fourth-order valence-corrected chi connectivity index (χ4v) is 4.39. The van der Waals surface area contributed by atoms with Gasteiger partial charge in [0.15, 0.2) is 4.34 Å². The number of anilines is 2. The number of thioether (sulfide) groups is 1. The van der Waals surface area contributed by atoms with Crippen LogP contribution in [0.5, 0.6) is 5.75 Å². The average molecular weight is 379 g/mol. The van der Waals surface area contributed by atoms with E-state index in [4.69, 9.17) is 4.74 Å². The third-order valence-corrected chi connectivity index (χ3v) is 5.96. The summed E-state index contributed by atoms with van der Waals surface area (Å²) in [5.74, 6) is 1.31. The molecule has 1 amide bonds. The second-order valence-corrected chi connectivity index (χ2v) is 7.93. The summed E-state index contributed by atoms with van der Waals surface area (Å²) in [7, 11) is 1.66. The van der Waals surface area contributed by atoms with Crippen molar-refractivity contribution in [1.29, 1.82) is 0 Å². The molecule has 0 fully saturated rings. The molecule has 0 radical (unpaired) electrons. The minimum Gasteiger partial charge on any atom is -0.497 e. The zero-order valence-corrected chi connectivity index (χ0v) is 16.1. The van der Waals surface area contributed by atoms with Crippen LogP contribution >= 0.6 is 23.1 Å². The molecular weight excluding hydrogens is 356 g/mol. The molecule has 2 aromatic rings. The van der Waals surface area contributed by atoms with Gasteiger partial charge < -0.3 is 15.0 Å². The van der Waals surface area contributed by atoms with E-state index in [2.05, 4.69) is 22.4 Å². The largest absolute Gasteiger partial charge is 0.497 e. The Bertz CT molecular complexity index is 735. The Hall–Kier alpha value is -1.80. The second kappa shape index (κ2) is 8.53. The van der Waals surface area contributed by atoms with E-state index in [1.54, 1.807) is 7.11 Å². The standard InChI is InChI=1S/C17H22N4O2S2/c1-3-8-18-16-19-20-17(25-16)24-11-15(22)21-9-4-5-12-10-13(23-2)6-7-14(12)21/h6-7,10H,3-5,8-9,11H2,1-2H3,(H,18,19). The van der Waals surface area contributed by atoms with E-state index in [0.717, 1.165) is 53.3 Å². The number of aromatic nitrogens is 2. The molecule has 134 valence electrons. The van der Waals surface area contributed by atoms with Crippen molar-refractivity contribution in [3.63, 3.8) is 0 Å². The molecule has 1 N–H and O–H groups in total. The highest BCUT2D eigenvalue weighted by molar-refractivity contribution is 8.01. The molecular formula is C17H22N4O2S2. The molecule has 1 aromatic carbocycles. The van der Waals surface area contributed by atoms with E-state index in [1.807, 2.05) is 23.1 Å². The Morgan fingerprint density at radius 2 is 2.32 bits per heavy atom. The lowest BCUT2D eigenvalue weighted by Gasteiger charge is -2.29. The molecule has 1 aliphatic rings. The molecule has 1 aliphatic heterocycles. The van der Waals surface area contributed by atoms with Crippen LogP contribution in [-0.2, 0) is 11.2 Å². The highest BCUT2D eigenvalue weighted by atomic mass is 32.2. The molecule has 0 aliphatic carbocycles. The number of hydrogen-bond donors (Lipinski definition) is 1. The van der Waals surface area contributed by atoms with Gasteiger partial charge in [-0.3, -0.25) is 4.79 Å². The van der Waals surface area contributed by atoms with Crippen LogP contribution in [0, 0.1) is 0 Å². The van der Waals surface area contributed by atoms with Crippen LogP contribution in [0.25, 0.3) is 0 Å². The number of ether oxygens (including phenoxy) is 1. The quantitative estimate of drug-likeness (QED) is 0.745. The number of rotatable bonds is 7. The summed E-state index contributed by atoms with van der Waals surface area (Å²) >= 11 is 2.94. The van der Waals surface area contributed by atoms with Crippen molar-refractivity contribution < 1.29 is 9.53 Å². The lowest BCUT2D eigenvalue weighted by molar-refractivity contribution is -0.116. The first kappa shape index (κ1) is 18.0. The van der Waals surface area contributed by atoms with E-state index in [9.17, 15) is 4.79 Å². The molecule has 0 saturated heterocycles. The molecule has 0 atom stereocenters. The molecule has 1 aromatic heterocycles. The Morgan fingerprint density at radius 3 is 3.12 bits per heavy atom. The van der Waals surface area contributed by atoms with Crippen LogP contribution in [0.3, 0.4) is 0 Å². The number of carbonyl (C=O) groups excluding carboxylic acids is 1. The number of carbonyl (C=O) groups is 1. The number of amides is 1. The van der Waals surface area contributed by atoms with Gasteiger partial charge in [0.2, 0.25) is 11.0 Å². The normalized spacial score (nSPS) is 13.4. The molecule has 0 unspecified atom stereocenters. The number of aryl methyl sites for hydroxylation is 1. The number of benzene rings is 1. The molecule has 0 bridgehead atoms. The van der Waals surface area contributed by atoms with Crippen molar-refractivity contribution in [1.82, 2.24) is 10.2 Å². The maximum Gasteiger partial charge on any atom is 0.237 e. The maximum absolute atomic E-state index is 12.7. The van der Waals surface area contributed by atoms with Gasteiger partial charge in [-0.25, -0.2) is 0 Å². The van der Waals surface area contributed by atoms with Crippen LogP contribution < -0.4 is 15.0 Å². The monoisotopic (exact) mass is 378 g/mol. The van der Waals surface area contributed by atoms with Gasteiger partial charge in [-0.15, -0.1) is 10.2 Å². The molecule has 0 spiro atoms. The zero-order valence-electron chi connectivity index (χ0n) is 14.4. The predicted octanol–water partition coefficient (Wildman–Crippen LogP) is 3.44. The number of nitrogens with zero attached hydrogens (tertiary/aromatic N) is 3. The summed E-state index contributed by atoms with van der Waals surface area (Å²) in [6.45, 7) is 3.75. The Morgan fingerprint density at radius 1 is 1.44 bits per heavy atom. The summed E-state index contributed by atoms with van der Waals surface area (Å²) < 4.78 is 6.10. The van der Waals surface area contributed by atoms with Gasteiger partial charge in [-0.2, -0.15) is 0 Å². The number of hydrogen-bond acceptors (Lipinski definition) is 7. The van der Waals surface area contributed by atoms with Gasteiger partial charge in [0.05, 0.1) is 12.9 Å². The minimum absolute atomic E-state index is 0.106. The first-order valence-electron chi connectivity index (χ1n) is 8.38. The molecule has 8 heteroatoms. The summed E-state index contributed by atoms with van der Waals surface area (Å²) in [6.07, 6.45) is 2.99. The molecule has 6 nitrogen and oxygen atoms in total. The number of fused-ring (bicyclic) bond motifs is 1. The smallest absolute Gasteiger partial charge is 0.237 e. The van der Waals surface area contributed by atoms with Crippen LogP contribution in [0.1, 0.15) is 25.3 Å². The van der Waals surface area contributed by atoms with Crippen LogP contribution in [0.4, 0.5) is 10.8 Å². The molecule has 0 saturated carbocycles. The maximum atomic E-state index is 12.7. The lowest BCUT2D eigenvalue weighted by atomic mass is 10.0. The van der Waals surface area contributed by atoms with Crippen LogP contribution in [0.2, 0.25) is 0 Å². The lowest BCUT2D eigenvalue weighted by Crippen LogP contribution is -2.36. The van der Waals surface area contributed by atoms with E-state index >= 15 is 0 Å². The summed E-state index contributed by atoms with van der Waals surface area (Å²) in [5, 5.41) is 12.3. The van der Waals surface area contributed by atoms with Crippen LogP contribution in [0.15, 0.2) is 22.5 Å². The third kappa shape index (κ3) is 4.43. The predicted molar refractivity (Wildman–Crippen MR) is 103 cm³/mol. The van der Waals surface area contributed by atoms with E-state index in [0.29, 0.717) is 5.75 Å². The number of nitrogens with one attached hydrogen (secondary N) is 1. The van der Waals surface area contributed by atoms with Gasteiger partial charge in [0.1, 0.15) is 5.75 Å². The van der Waals surface area contributed by atoms with Gasteiger partial charge in [-0.05, 0) is 43.0 Å². The van der Waals surface area contributed by atoms with Crippen molar-refractivity contribution >= 4 is 39.8 Å². The van der Waals surface area contributed by atoms with Crippen molar-refractivity contribution in [3.05, 3.63) is 23.8 Å². The molecule has 2 heterocycles. The van der Waals surface area contributed by atoms with E-state index < -0.39 is 0 Å². The van der Waals surface area contributed by atoms with Gasteiger partial charge in [-0.1, -0.05) is 30.0 Å². The van der Waals surface area contributed by atoms with E-state index in [1.165, 1.54) is 28.7 Å². The summed E-state index contributed by atoms with van der Waals surface area (Å²) in [4.78, 5) is 14.6. The Kier molecular flexibility index (Phi) is 6.14. The first-order chi connectivity index (χ1) is 12.2. The molecule has 25 heavy (non-hydrogen) atoms. The topological polar surface area (TPSA) is 67.4 Å². The van der Waals surface area contributed by atoms with Crippen molar-refractivity contribution in [2.24, 2.45) is 0 Å². The van der Waals surface area contributed by atoms with E-state index in [-0.39, 0.29) is 5.91 Å². The van der Waals surface area contributed by atoms with Gasteiger partial charge >= 0.3 is 0 Å². The number of methoxy groups -OCH3 is 1. The fraction of sp³-hybridized carbons (Fsp3) is 0.471. The minimum atomic E-state index is 0.106. The fourth-order valence-electron chi connectivity index (χ4n) is 2.73. The van der Waals surface area contributed by atoms with Gasteiger partial charge in [0, 0.05) is 18.8 Å². The van der Waals surface area contributed by atoms with Crippen molar-refractivity contribution in [2.45, 2.75) is 30.5 Å². The summed E-state index contributed by atoms with van der Waals surface area (Å²) in [5.41, 5.74) is 2.17. The highest BCUT2D eigenvalue weighted by Crippen LogP contribution is 2.32. The van der Waals surface area contributed by atoms with Gasteiger partial charge in [0.25, 0.3) is 0 Å². The Labute approximate surface area is 156 Å². The SMILES string of the molecule is CCCNc1nnc(SCC(=O)N2CCCc3cc(OC)ccc32)s1. The second-order valence-electron chi connectivity index (χ2n) is 5.73. The van der Waals surface area contributed by atoms with Crippen molar-refractivity contribution in [3.8, 4) is 5.75 Å².